The Morgan fingerprint density at radius 2 is 2.00 bits per heavy atom. The molecule has 2 aromatic heterocycles. The van der Waals surface area contributed by atoms with Crippen LogP contribution < -0.4 is 5.32 Å². The Hall–Kier alpha value is -2.27. The molecular weight excluding hydrogens is 268 g/mol. The summed E-state index contributed by atoms with van der Waals surface area (Å²) in [4.78, 5) is 12.8. The number of rotatable bonds is 5. The predicted octanol–water partition coefficient (Wildman–Crippen LogP) is 3.25. The van der Waals surface area contributed by atoms with Crippen LogP contribution in [-0.2, 0) is 6.42 Å². The minimum Gasteiger partial charge on any atom is -0.368 e. The number of benzene rings is 1. The molecule has 100 valence electrons. The third kappa shape index (κ3) is 3.19. The molecule has 20 heavy (non-hydrogen) atoms. The summed E-state index contributed by atoms with van der Waals surface area (Å²) in [6, 6.07) is 10.3. The lowest BCUT2D eigenvalue weighted by molar-refractivity contribution is 0.965. The maximum Gasteiger partial charge on any atom is 0.144 e. The van der Waals surface area contributed by atoms with Crippen molar-refractivity contribution in [3.8, 4) is 10.6 Å². The molecule has 0 aliphatic carbocycles. The molecule has 0 radical (unpaired) electrons. The normalized spacial score (nSPS) is 10.4. The number of nitrogens with one attached hydrogen (secondary N) is 1. The van der Waals surface area contributed by atoms with Crippen molar-refractivity contribution in [3.63, 3.8) is 0 Å². The minimum atomic E-state index is 0.797. The molecule has 5 heteroatoms. The zero-order chi connectivity index (χ0) is 13.6. The van der Waals surface area contributed by atoms with Gasteiger partial charge in [0.25, 0.3) is 0 Å². The van der Waals surface area contributed by atoms with Gasteiger partial charge in [-0.15, -0.1) is 11.3 Å². The average Bonchev–Trinajstić information content (AvgIpc) is 2.98. The summed E-state index contributed by atoms with van der Waals surface area (Å²) < 4.78 is 0. The van der Waals surface area contributed by atoms with Gasteiger partial charge in [0, 0.05) is 36.3 Å². The summed E-state index contributed by atoms with van der Waals surface area (Å²) in [6.07, 6.45) is 5.94. The van der Waals surface area contributed by atoms with Gasteiger partial charge < -0.3 is 5.32 Å². The minimum absolute atomic E-state index is 0.797. The van der Waals surface area contributed by atoms with E-state index in [-0.39, 0.29) is 0 Å². The largest absolute Gasteiger partial charge is 0.368 e. The number of anilines is 1. The highest BCUT2D eigenvalue weighted by atomic mass is 32.1. The van der Waals surface area contributed by atoms with Gasteiger partial charge in [-0.05, 0) is 0 Å². The summed E-state index contributed by atoms with van der Waals surface area (Å²) in [5.41, 5.74) is 2.27. The fourth-order valence-electron chi connectivity index (χ4n) is 1.84. The van der Waals surface area contributed by atoms with E-state index in [9.17, 15) is 0 Å². The van der Waals surface area contributed by atoms with E-state index < -0.39 is 0 Å². The summed E-state index contributed by atoms with van der Waals surface area (Å²) in [6.45, 7) is 0.802. The van der Waals surface area contributed by atoms with E-state index in [1.54, 1.807) is 29.9 Å². The van der Waals surface area contributed by atoms with Gasteiger partial charge in [0.2, 0.25) is 0 Å². The van der Waals surface area contributed by atoms with Gasteiger partial charge in [-0.25, -0.2) is 9.97 Å². The number of hydrogen-bond donors (Lipinski definition) is 1. The Morgan fingerprint density at radius 1 is 1.10 bits per heavy atom. The Kier molecular flexibility index (Phi) is 3.99. The lowest BCUT2D eigenvalue weighted by Crippen LogP contribution is -2.06. The van der Waals surface area contributed by atoms with Crippen molar-refractivity contribution >= 4 is 17.2 Å². The van der Waals surface area contributed by atoms with Crippen molar-refractivity contribution < 1.29 is 0 Å². The smallest absolute Gasteiger partial charge is 0.144 e. The Morgan fingerprint density at radius 3 is 2.80 bits per heavy atom. The molecule has 0 aliphatic heterocycles. The molecule has 0 aliphatic rings. The molecule has 0 atom stereocenters. The second-order valence-corrected chi connectivity index (χ2v) is 5.14. The molecule has 1 N–H and O–H groups in total. The fourth-order valence-corrected chi connectivity index (χ4v) is 2.70. The molecule has 0 saturated carbocycles. The first-order valence-electron chi connectivity index (χ1n) is 6.41. The van der Waals surface area contributed by atoms with Gasteiger partial charge in [-0.3, -0.25) is 4.98 Å². The van der Waals surface area contributed by atoms with E-state index in [1.165, 1.54) is 5.56 Å². The highest BCUT2D eigenvalue weighted by molar-refractivity contribution is 7.13. The SMILES string of the molecule is c1ccc(-c2nc(CCNc3cnccn3)cs2)cc1. The molecule has 1 aromatic carbocycles. The second kappa shape index (κ2) is 6.25. The second-order valence-electron chi connectivity index (χ2n) is 4.28. The quantitative estimate of drug-likeness (QED) is 0.780. The van der Waals surface area contributed by atoms with Crippen LogP contribution in [-0.4, -0.2) is 21.5 Å². The predicted molar refractivity (Wildman–Crippen MR) is 81.8 cm³/mol. The van der Waals surface area contributed by atoms with E-state index in [2.05, 4.69) is 37.8 Å². The summed E-state index contributed by atoms with van der Waals surface area (Å²) >= 11 is 1.68. The maximum absolute atomic E-state index is 4.65. The number of aromatic nitrogens is 3. The summed E-state index contributed by atoms with van der Waals surface area (Å²) in [7, 11) is 0. The fraction of sp³-hybridized carbons (Fsp3) is 0.133. The van der Waals surface area contributed by atoms with Crippen LogP contribution in [0.4, 0.5) is 5.82 Å². The van der Waals surface area contributed by atoms with Gasteiger partial charge in [-0.2, -0.15) is 0 Å². The van der Waals surface area contributed by atoms with Crippen LogP contribution in [0.3, 0.4) is 0 Å². The molecule has 0 fully saturated rings. The van der Waals surface area contributed by atoms with Crippen molar-refractivity contribution in [2.75, 3.05) is 11.9 Å². The zero-order valence-corrected chi connectivity index (χ0v) is 11.7. The van der Waals surface area contributed by atoms with E-state index in [0.717, 1.165) is 29.5 Å². The van der Waals surface area contributed by atoms with Crippen LogP contribution in [0.5, 0.6) is 0 Å². The molecule has 2 heterocycles. The first-order chi connectivity index (χ1) is 9.92. The van der Waals surface area contributed by atoms with Crippen molar-refractivity contribution in [2.24, 2.45) is 0 Å². The first kappa shape index (κ1) is 12.7. The summed E-state index contributed by atoms with van der Waals surface area (Å²) in [5, 5.41) is 6.41. The lowest BCUT2D eigenvalue weighted by Gasteiger charge is -2.02. The van der Waals surface area contributed by atoms with Gasteiger partial charge in [0.1, 0.15) is 10.8 Å². The van der Waals surface area contributed by atoms with Crippen molar-refractivity contribution in [3.05, 3.63) is 60.0 Å². The molecule has 0 amide bonds. The Balaban J connectivity index is 1.58. The number of nitrogens with zero attached hydrogens (tertiary/aromatic N) is 3. The molecule has 0 spiro atoms. The van der Waals surface area contributed by atoms with Crippen molar-refractivity contribution in [1.29, 1.82) is 0 Å². The van der Waals surface area contributed by atoms with E-state index in [4.69, 9.17) is 0 Å². The van der Waals surface area contributed by atoms with Crippen LogP contribution in [0, 0.1) is 0 Å². The molecule has 0 unspecified atom stereocenters. The first-order valence-corrected chi connectivity index (χ1v) is 7.29. The standard InChI is InChI=1S/C15H14N4S/c1-2-4-12(5-3-1)15-19-13(11-20-15)6-7-17-14-10-16-8-9-18-14/h1-5,8-11H,6-7H2,(H,17,18). The van der Waals surface area contributed by atoms with E-state index >= 15 is 0 Å². The molecule has 0 saturated heterocycles. The summed E-state index contributed by atoms with van der Waals surface area (Å²) in [5.74, 6) is 0.797. The molecule has 0 bridgehead atoms. The monoisotopic (exact) mass is 282 g/mol. The molecular formula is C15H14N4S. The molecule has 3 aromatic rings. The van der Waals surface area contributed by atoms with E-state index in [0.29, 0.717) is 0 Å². The molecule has 4 nitrogen and oxygen atoms in total. The van der Waals surface area contributed by atoms with Crippen LogP contribution in [0.2, 0.25) is 0 Å². The van der Waals surface area contributed by atoms with Gasteiger partial charge >= 0.3 is 0 Å². The Bertz CT molecular complexity index is 652. The Labute approximate surface area is 121 Å². The average molecular weight is 282 g/mol. The third-order valence-electron chi connectivity index (χ3n) is 2.82. The highest BCUT2D eigenvalue weighted by Crippen LogP contribution is 2.23. The third-order valence-corrected chi connectivity index (χ3v) is 3.76. The van der Waals surface area contributed by atoms with Gasteiger partial charge in [0.05, 0.1) is 11.9 Å². The van der Waals surface area contributed by atoms with E-state index in [1.807, 2.05) is 18.2 Å². The topological polar surface area (TPSA) is 50.7 Å². The van der Waals surface area contributed by atoms with Gasteiger partial charge in [-0.1, -0.05) is 30.3 Å². The molecule has 3 rings (SSSR count). The zero-order valence-electron chi connectivity index (χ0n) is 10.9. The van der Waals surface area contributed by atoms with Crippen molar-refractivity contribution in [2.45, 2.75) is 6.42 Å². The van der Waals surface area contributed by atoms with Crippen molar-refractivity contribution in [1.82, 2.24) is 15.0 Å². The van der Waals surface area contributed by atoms with Crippen LogP contribution in [0.15, 0.2) is 54.3 Å². The van der Waals surface area contributed by atoms with Gasteiger partial charge in [0.15, 0.2) is 0 Å². The number of thiazole rings is 1. The van der Waals surface area contributed by atoms with Crippen LogP contribution in [0.25, 0.3) is 10.6 Å². The highest BCUT2D eigenvalue weighted by Gasteiger charge is 2.04. The lowest BCUT2D eigenvalue weighted by atomic mass is 10.2. The maximum atomic E-state index is 4.65. The van der Waals surface area contributed by atoms with Crippen LogP contribution in [0.1, 0.15) is 5.69 Å². The number of hydrogen-bond acceptors (Lipinski definition) is 5. The van der Waals surface area contributed by atoms with Crippen LogP contribution >= 0.6 is 11.3 Å².